The molecular weight excluding hydrogens is 364 g/mol. The lowest BCUT2D eigenvalue weighted by Crippen LogP contribution is -2.39. The Morgan fingerprint density at radius 2 is 2.07 bits per heavy atom. The van der Waals surface area contributed by atoms with E-state index in [-0.39, 0.29) is 5.91 Å². The van der Waals surface area contributed by atoms with Crippen molar-refractivity contribution in [3.8, 4) is 0 Å². The molecule has 0 bridgehead atoms. The first-order valence-corrected chi connectivity index (χ1v) is 11.3. The van der Waals surface area contributed by atoms with E-state index in [0.717, 1.165) is 56.1 Å². The van der Waals surface area contributed by atoms with Crippen molar-refractivity contribution >= 4 is 21.7 Å². The Morgan fingerprint density at radius 3 is 2.67 bits per heavy atom. The molecule has 0 aliphatic carbocycles. The van der Waals surface area contributed by atoms with Crippen molar-refractivity contribution in [3.63, 3.8) is 0 Å². The van der Waals surface area contributed by atoms with Crippen LogP contribution in [-0.4, -0.2) is 57.6 Å². The van der Waals surface area contributed by atoms with Crippen LogP contribution in [0.5, 0.6) is 0 Å². The summed E-state index contributed by atoms with van der Waals surface area (Å²) in [6.07, 6.45) is 3.73. The van der Waals surface area contributed by atoms with E-state index in [1.54, 1.807) is 19.1 Å². The molecule has 0 saturated carbocycles. The molecule has 7 nitrogen and oxygen atoms in total. The van der Waals surface area contributed by atoms with Gasteiger partial charge in [-0.3, -0.25) is 4.79 Å². The Kier molecular flexibility index (Phi) is 7.65. The fourth-order valence-corrected chi connectivity index (χ4v) is 4.11. The largest absolute Gasteiger partial charge is 0.357 e. The van der Waals surface area contributed by atoms with Crippen molar-refractivity contribution < 1.29 is 13.2 Å². The number of benzene rings is 1. The van der Waals surface area contributed by atoms with Gasteiger partial charge in [0.15, 0.2) is 15.8 Å². The van der Waals surface area contributed by atoms with Gasteiger partial charge in [0.25, 0.3) is 0 Å². The topological polar surface area (TPSA) is 90.9 Å². The second kappa shape index (κ2) is 9.73. The summed E-state index contributed by atoms with van der Waals surface area (Å²) >= 11 is 0. The van der Waals surface area contributed by atoms with E-state index in [4.69, 9.17) is 0 Å². The highest BCUT2D eigenvalue weighted by atomic mass is 32.2. The number of nitrogens with one attached hydrogen (secondary N) is 2. The lowest BCUT2D eigenvalue weighted by Gasteiger charge is -2.16. The molecule has 1 amide bonds. The Morgan fingerprint density at radius 1 is 1.30 bits per heavy atom. The number of carbonyl (C=O) groups excluding carboxylic acids is 1. The van der Waals surface area contributed by atoms with Crippen LogP contribution in [0.4, 0.5) is 0 Å². The standard InChI is InChI=1S/C19H30N4O3S/c1-4-20-19(21-10-6-12-23-11-5-7-18(23)24)22-14-16-8-9-17(15(2)13-16)27(3,25)26/h8-9,13H,4-7,10-12,14H2,1-3H3,(H2,20,21,22). The number of likely N-dealkylation sites (tertiary alicyclic amines) is 1. The molecule has 1 aromatic rings. The van der Waals surface area contributed by atoms with Gasteiger partial charge in [0, 0.05) is 38.9 Å². The third kappa shape index (κ3) is 6.53. The molecule has 0 atom stereocenters. The number of hydrogen-bond acceptors (Lipinski definition) is 4. The van der Waals surface area contributed by atoms with Crippen LogP contribution in [0.3, 0.4) is 0 Å². The number of carbonyl (C=O) groups is 1. The molecule has 2 rings (SSSR count). The van der Waals surface area contributed by atoms with E-state index in [1.165, 1.54) is 6.26 Å². The summed E-state index contributed by atoms with van der Waals surface area (Å²) < 4.78 is 23.4. The first-order chi connectivity index (χ1) is 12.8. The van der Waals surface area contributed by atoms with Crippen LogP contribution in [0.1, 0.15) is 37.3 Å². The summed E-state index contributed by atoms with van der Waals surface area (Å²) in [5.74, 6) is 0.971. The maximum atomic E-state index is 11.7. The molecule has 8 heteroatoms. The number of nitrogens with zero attached hydrogens (tertiary/aromatic N) is 2. The summed E-state index contributed by atoms with van der Waals surface area (Å²) in [4.78, 5) is 18.4. The normalized spacial score (nSPS) is 15.3. The number of aryl methyl sites for hydroxylation is 1. The van der Waals surface area contributed by atoms with Crippen molar-refractivity contribution in [1.82, 2.24) is 15.5 Å². The highest BCUT2D eigenvalue weighted by molar-refractivity contribution is 7.90. The lowest BCUT2D eigenvalue weighted by molar-refractivity contribution is -0.127. The van der Waals surface area contributed by atoms with Gasteiger partial charge in [-0.25, -0.2) is 13.4 Å². The van der Waals surface area contributed by atoms with Crippen LogP contribution in [-0.2, 0) is 21.2 Å². The summed E-state index contributed by atoms with van der Waals surface area (Å²) in [6.45, 7) is 7.40. The molecule has 0 spiro atoms. The molecule has 1 aliphatic heterocycles. The van der Waals surface area contributed by atoms with Crippen molar-refractivity contribution in [1.29, 1.82) is 0 Å². The summed E-state index contributed by atoms with van der Waals surface area (Å²) in [6, 6.07) is 5.31. The third-order valence-corrected chi connectivity index (χ3v) is 5.73. The SMILES string of the molecule is CCNC(=NCc1ccc(S(C)(=O)=O)c(C)c1)NCCCN1CCCC1=O. The molecule has 0 aromatic heterocycles. The molecule has 1 heterocycles. The maximum Gasteiger partial charge on any atom is 0.222 e. The Hall–Kier alpha value is -2.09. The number of rotatable bonds is 8. The number of hydrogen-bond donors (Lipinski definition) is 2. The zero-order valence-corrected chi connectivity index (χ0v) is 17.2. The van der Waals surface area contributed by atoms with Gasteiger partial charge in [0.2, 0.25) is 5.91 Å². The van der Waals surface area contributed by atoms with Gasteiger partial charge in [-0.1, -0.05) is 12.1 Å². The highest BCUT2D eigenvalue weighted by Crippen LogP contribution is 2.17. The molecule has 27 heavy (non-hydrogen) atoms. The predicted octanol–water partition coefficient (Wildman–Crippen LogP) is 1.47. The molecule has 1 aromatic carbocycles. The zero-order chi connectivity index (χ0) is 19.9. The fourth-order valence-electron chi connectivity index (χ4n) is 3.16. The van der Waals surface area contributed by atoms with Gasteiger partial charge in [-0.05, 0) is 43.9 Å². The summed E-state index contributed by atoms with van der Waals surface area (Å²) in [7, 11) is -3.20. The first-order valence-electron chi connectivity index (χ1n) is 9.41. The van der Waals surface area contributed by atoms with Gasteiger partial charge in [0.05, 0.1) is 11.4 Å². The fraction of sp³-hybridized carbons (Fsp3) is 0.579. The van der Waals surface area contributed by atoms with E-state index in [1.807, 2.05) is 17.9 Å². The lowest BCUT2D eigenvalue weighted by atomic mass is 10.1. The van der Waals surface area contributed by atoms with Crippen LogP contribution >= 0.6 is 0 Å². The van der Waals surface area contributed by atoms with Crippen LogP contribution in [0.25, 0.3) is 0 Å². The summed E-state index contributed by atoms with van der Waals surface area (Å²) in [5, 5.41) is 6.49. The van der Waals surface area contributed by atoms with Crippen molar-refractivity contribution in [3.05, 3.63) is 29.3 Å². The van der Waals surface area contributed by atoms with Crippen LogP contribution in [0.15, 0.2) is 28.1 Å². The molecule has 0 radical (unpaired) electrons. The zero-order valence-electron chi connectivity index (χ0n) is 16.4. The number of guanidine groups is 1. The molecular formula is C19H30N4O3S. The van der Waals surface area contributed by atoms with Gasteiger partial charge in [-0.15, -0.1) is 0 Å². The second-order valence-corrected chi connectivity index (χ2v) is 8.82. The number of amides is 1. The minimum absolute atomic E-state index is 0.253. The van der Waals surface area contributed by atoms with Crippen molar-refractivity contribution in [2.45, 2.75) is 44.6 Å². The van der Waals surface area contributed by atoms with E-state index < -0.39 is 9.84 Å². The number of aliphatic imine (C=N–C) groups is 1. The van der Waals surface area contributed by atoms with Crippen LogP contribution in [0, 0.1) is 6.92 Å². The quantitative estimate of drug-likeness (QED) is 0.396. The number of sulfone groups is 1. The minimum atomic E-state index is -3.20. The van der Waals surface area contributed by atoms with E-state index in [2.05, 4.69) is 15.6 Å². The molecule has 1 aliphatic rings. The Bertz CT molecular complexity index is 790. The third-order valence-electron chi connectivity index (χ3n) is 4.47. The first kappa shape index (κ1) is 21.2. The Balaban J connectivity index is 1.88. The summed E-state index contributed by atoms with van der Waals surface area (Å²) in [5.41, 5.74) is 1.69. The predicted molar refractivity (Wildman–Crippen MR) is 108 cm³/mol. The molecule has 1 saturated heterocycles. The molecule has 0 unspecified atom stereocenters. The van der Waals surface area contributed by atoms with E-state index >= 15 is 0 Å². The highest BCUT2D eigenvalue weighted by Gasteiger charge is 2.18. The smallest absolute Gasteiger partial charge is 0.222 e. The maximum absolute atomic E-state index is 11.7. The minimum Gasteiger partial charge on any atom is -0.357 e. The monoisotopic (exact) mass is 394 g/mol. The van der Waals surface area contributed by atoms with Gasteiger partial charge in [-0.2, -0.15) is 0 Å². The van der Waals surface area contributed by atoms with Crippen LogP contribution in [0.2, 0.25) is 0 Å². The van der Waals surface area contributed by atoms with Crippen molar-refractivity contribution in [2.75, 3.05) is 32.4 Å². The van der Waals surface area contributed by atoms with Gasteiger partial charge < -0.3 is 15.5 Å². The average molecular weight is 395 g/mol. The Labute approximate surface area is 162 Å². The van der Waals surface area contributed by atoms with Gasteiger partial charge >= 0.3 is 0 Å². The average Bonchev–Trinajstić information content (AvgIpc) is 3.00. The molecule has 2 N–H and O–H groups in total. The van der Waals surface area contributed by atoms with Crippen LogP contribution < -0.4 is 10.6 Å². The van der Waals surface area contributed by atoms with Gasteiger partial charge in [0.1, 0.15) is 0 Å². The molecule has 150 valence electrons. The van der Waals surface area contributed by atoms with E-state index in [9.17, 15) is 13.2 Å². The molecule has 1 fully saturated rings. The second-order valence-electron chi connectivity index (χ2n) is 6.83. The van der Waals surface area contributed by atoms with Crippen molar-refractivity contribution in [2.24, 2.45) is 4.99 Å². The van der Waals surface area contributed by atoms with E-state index in [0.29, 0.717) is 17.9 Å².